The fourth-order valence-electron chi connectivity index (χ4n) is 4.80. The number of nitrogen functional groups attached to an aromatic ring is 1. The van der Waals surface area contributed by atoms with Gasteiger partial charge in [0, 0.05) is 47.1 Å². The molecule has 184 valence electrons. The maximum Gasteiger partial charge on any atom is 0.255 e. The standard InChI is InChI=1S/C28H30N6O2/c1-17-8-11-21(15-23(17)32-27(35)18-6-4-3-5-7-18)31-28(36)19-9-12-24-22(14-19)26(33-34(24)2)20-10-13-25(29)30-16-20/h8-16,18H,3-7H2,1-2H3,(H2,29,30)(H,31,36)(H,32,35). The van der Waals surface area contributed by atoms with Gasteiger partial charge in [-0.15, -0.1) is 0 Å². The summed E-state index contributed by atoms with van der Waals surface area (Å²) in [5.74, 6) is 0.322. The Kier molecular flexibility index (Phi) is 6.41. The summed E-state index contributed by atoms with van der Waals surface area (Å²) in [6.07, 6.45) is 6.96. The molecular formula is C28H30N6O2. The van der Waals surface area contributed by atoms with Crippen molar-refractivity contribution in [3.05, 3.63) is 65.9 Å². The predicted molar refractivity (Wildman–Crippen MR) is 143 cm³/mol. The third kappa shape index (κ3) is 4.79. The number of fused-ring (bicyclic) bond motifs is 1. The second-order valence-electron chi connectivity index (χ2n) is 9.48. The molecule has 0 bridgehead atoms. The van der Waals surface area contributed by atoms with Crippen LogP contribution in [0.5, 0.6) is 0 Å². The van der Waals surface area contributed by atoms with Crippen LogP contribution in [-0.2, 0) is 11.8 Å². The lowest BCUT2D eigenvalue weighted by atomic mass is 9.88. The maximum atomic E-state index is 13.2. The van der Waals surface area contributed by atoms with E-state index in [2.05, 4.69) is 20.7 Å². The highest BCUT2D eigenvalue weighted by molar-refractivity contribution is 6.08. The fourth-order valence-corrected chi connectivity index (χ4v) is 4.80. The Hall–Kier alpha value is -4.20. The molecule has 4 N–H and O–H groups in total. The van der Waals surface area contributed by atoms with E-state index in [0.29, 0.717) is 17.1 Å². The van der Waals surface area contributed by atoms with Gasteiger partial charge in [-0.1, -0.05) is 25.3 Å². The lowest BCUT2D eigenvalue weighted by Gasteiger charge is -2.21. The predicted octanol–water partition coefficient (Wildman–Crippen LogP) is 5.30. The first-order chi connectivity index (χ1) is 17.4. The number of pyridine rings is 1. The molecule has 1 fully saturated rings. The monoisotopic (exact) mass is 482 g/mol. The van der Waals surface area contributed by atoms with Crippen LogP contribution >= 0.6 is 0 Å². The smallest absolute Gasteiger partial charge is 0.255 e. The van der Waals surface area contributed by atoms with Gasteiger partial charge in [0.15, 0.2) is 0 Å². The number of hydrogen-bond acceptors (Lipinski definition) is 5. The molecule has 1 aliphatic carbocycles. The third-order valence-electron chi connectivity index (χ3n) is 6.90. The molecular weight excluding hydrogens is 452 g/mol. The summed E-state index contributed by atoms with van der Waals surface area (Å²) in [5.41, 5.74) is 11.0. The number of aryl methyl sites for hydroxylation is 2. The zero-order valence-corrected chi connectivity index (χ0v) is 20.5. The minimum Gasteiger partial charge on any atom is -0.384 e. The van der Waals surface area contributed by atoms with Crippen molar-refractivity contribution in [1.29, 1.82) is 0 Å². The number of carbonyl (C=O) groups is 2. The number of aromatic nitrogens is 3. The summed E-state index contributed by atoms with van der Waals surface area (Å²) in [5, 5.41) is 11.5. The van der Waals surface area contributed by atoms with Gasteiger partial charge in [0.25, 0.3) is 5.91 Å². The highest BCUT2D eigenvalue weighted by Crippen LogP contribution is 2.30. The second-order valence-corrected chi connectivity index (χ2v) is 9.48. The Balaban J connectivity index is 1.37. The van der Waals surface area contributed by atoms with Crippen molar-refractivity contribution in [2.45, 2.75) is 39.0 Å². The molecule has 36 heavy (non-hydrogen) atoms. The van der Waals surface area contributed by atoms with Gasteiger partial charge in [-0.25, -0.2) is 4.98 Å². The number of amides is 2. The lowest BCUT2D eigenvalue weighted by Crippen LogP contribution is -2.25. The Morgan fingerprint density at radius 1 is 1.00 bits per heavy atom. The molecule has 2 aromatic heterocycles. The Bertz CT molecular complexity index is 1430. The van der Waals surface area contributed by atoms with Crippen LogP contribution in [0.25, 0.3) is 22.2 Å². The van der Waals surface area contributed by atoms with Gasteiger partial charge >= 0.3 is 0 Å². The van der Waals surface area contributed by atoms with Crippen LogP contribution in [0.4, 0.5) is 17.2 Å². The minimum atomic E-state index is -0.240. The summed E-state index contributed by atoms with van der Waals surface area (Å²) in [7, 11) is 1.87. The van der Waals surface area contributed by atoms with Crippen molar-refractivity contribution in [2.75, 3.05) is 16.4 Å². The third-order valence-corrected chi connectivity index (χ3v) is 6.90. The fraction of sp³-hybridized carbons (Fsp3) is 0.286. The maximum absolute atomic E-state index is 13.2. The first-order valence-corrected chi connectivity index (χ1v) is 12.3. The quantitative estimate of drug-likeness (QED) is 0.357. The molecule has 8 nitrogen and oxygen atoms in total. The number of nitrogens with one attached hydrogen (secondary N) is 2. The molecule has 5 rings (SSSR count). The van der Waals surface area contributed by atoms with Crippen molar-refractivity contribution in [2.24, 2.45) is 13.0 Å². The molecule has 0 aliphatic heterocycles. The van der Waals surface area contributed by atoms with Crippen LogP contribution < -0.4 is 16.4 Å². The summed E-state index contributed by atoms with van der Waals surface area (Å²) in [6, 6.07) is 14.7. The summed E-state index contributed by atoms with van der Waals surface area (Å²) < 4.78 is 1.78. The van der Waals surface area contributed by atoms with Crippen molar-refractivity contribution < 1.29 is 9.59 Å². The number of hydrogen-bond donors (Lipinski definition) is 3. The Morgan fingerprint density at radius 2 is 1.81 bits per heavy atom. The zero-order valence-electron chi connectivity index (χ0n) is 20.5. The van der Waals surface area contributed by atoms with E-state index in [4.69, 9.17) is 5.73 Å². The highest BCUT2D eigenvalue weighted by Gasteiger charge is 2.22. The lowest BCUT2D eigenvalue weighted by molar-refractivity contribution is -0.120. The van der Waals surface area contributed by atoms with E-state index in [-0.39, 0.29) is 17.7 Å². The molecule has 2 amide bonds. The van der Waals surface area contributed by atoms with E-state index in [1.165, 1.54) is 6.42 Å². The Labute approximate surface area is 209 Å². The van der Waals surface area contributed by atoms with Gasteiger partial charge in [0.1, 0.15) is 11.5 Å². The average Bonchev–Trinajstić information content (AvgIpc) is 3.22. The zero-order chi connectivity index (χ0) is 25.2. The van der Waals surface area contributed by atoms with Crippen molar-refractivity contribution >= 4 is 39.9 Å². The normalized spacial score (nSPS) is 14.1. The van der Waals surface area contributed by atoms with E-state index in [1.807, 2.05) is 50.4 Å². The van der Waals surface area contributed by atoms with Crippen molar-refractivity contribution in [1.82, 2.24) is 14.8 Å². The van der Waals surface area contributed by atoms with Crippen molar-refractivity contribution in [3.63, 3.8) is 0 Å². The molecule has 4 aromatic rings. The number of nitrogens with zero attached hydrogens (tertiary/aromatic N) is 3. The van der Waals surface area contributed by atoms with Crippen molar-refractivity contribution in [3.8, 4) is 11.3 Å². The second kappa shape index (κ2) is 9.81. The van der Waals surface area contributed by atoms with Crippen LogP contribution in [0, 0.1) is 12.8 Å². The molecule has 2 aromatic carbocycles. The van der Waals surface area contributed by atoms with Crippen LogP contribution in [0.3, 0.4) is 0 Å². The SMILES string of the molecule is Cc1ccc(NC(=O)c2ccc3c(c2)c(-c2ccc(N)nc2)nn3C)cc1NC(=O)C1CCCCC1. The number of anilines is 3. The van der Waals surface area contributed by atoms with Gasteiger partial charge in [-0.05, 0) is 67.8 Å². The van der Waals surface area contributed by atoms with Crippen LogP contribution in [0.1, 0.15) is 48.0 Å². The highest BCUT2D eigenvalue weighted by atomic mass is 16.2. The number of nitrogens with two attached hydrogens (primary N) is 1. The van der Waals surface area contributed by atoms with Gasteiger partial charge in [-0.2, -0.15) is 5.10 Å². The first-order valence-electron chi connectivity index (χ1n) is 12.3. The Morgan fingerprint density at radius 3 is 2.56 bits per heavy atom. The van der Waals surface area contributed by atoms with Gasteiger partial charge in [0.05, 0.1) is 5.52 Å². The molecule has 2 heterocycles. The van der Waals surface area contributed by atoms with Crippen LogP contribution in [0.2, 0.25) is 0 Å². The molecule has 0 unspecified atom stereocenters. The number of rotatable bonds is 5. The molecule has 0 saturated heterocycles. The molecule has 0 spiro atoms. The molecule has 0 radical (unpaired) electrons. The van der Waals surface area contributed by atoms with E-state index in [9.17, 15) is 9.59 Å². The first kappa shape index (κ1) is 23.5. The van der Waals surface area contributed by atoms with E-state index in [0.717, 1.165) is 59.1 Å². The summed E-state index contributed by atoms with van der Waals surface area (Å²) in [4.78, 5) is 30.1. The van der Waals surface area contributed by atoms with Gasteiger partial charge < -0.3 is 16.4 Å². The molecule has 1 aliphatic rings. The number of benzene rings is 2. The van der Waals surface area contributed by atoms with Gasteiger partial charge in [-0.3, -0.25) is 14.3 Å². The van der Waals surface area contributed by atoms with E-state index < -0.39 is 0 Å². The average molecular weight is 483 g/mol. The van der Waals surface area contributed by atoms with Crippen LogP contribution in [-0.4, -0.2) is 26.6 Å². The topological polar surface area (TPSA) is 115 Å². The molecule has 0 atom stereocenters. The molecule has 8 heteroatoms. The summed E-state index contributed by atoms with van der Waals surface area (Å²) >= 11 is 0. The minimum absolute atomic E-state index is 0.0630. The largest absolute Gasteiger partial charge is 0.384 e. The molecule has 1 saturated carbocycles. The number of carbonyl (C=O) groups excluding carboxylic acids is 2. The summed E-state index contributed by atoms with van der Waals surface area (Å²) in [6.45, 7) is 1.95. The van der Waals surface area contributed by atoms with E-state index >= 15 is 0 Å². The van der Waals surface area contributed by atoms with E-state index in [1.54, 1.807) is 23.0 Å². The van der Waals surface area contributed by atoms with Crippen LogP contribution in [0.15, 0.2) is 54.7 Å². The van der Waals surface area contributed by atoms with Gasteiger partial charge in [0.2, 0.25) is 5.91 Å².